The Morgan fingerprint density at radius 2 is 1.58 bits per heavy atom. The molecule has 0 aliphatic carbocycles. The summed E-state index contributed by atoms with van der Waals surface area (Å²) < 4.78 is 28.0. The number of anilines is 1. The van der Waals surface area contributed by atoms with E-state index >= 15 is 0 Å². The smallest absolute Gasteiger partial charge is 0.262 e. The molecule has 0 fully saturated rings. The second-order valence-electron chi connectivity index (χ2n) is 5.19. The molecule has 0 saturated carbocycles. The topological polar surface area (TPSA) is 37.4 Å². The molecule has 0 unspecified atom stereocenters. The number of nitrogens with zero attached hydrogens (tertiary/aromatic N) is 1. The third kappa shape index (κ3) is 3.49. The molecule has 2 aromatic carbocycles. The minimum Gasteiger partial charge on any atom is -0.262 e. The maximum Gasteiger partial charge on any atom is 0.264 e. The molecule has 0 bridgehead atoms. The third-order valence-corrected chi connectivity index (χ3v) is 5.51. The lowest BCUT2D eigenvalue weighted by Crippen LogP contribution is -2.32. The molecule has 0 heterocycles. The molecule has 0 aliphatic heterocycles. The summed E-state index contributed by atoms with van der Waals surface area (Å²) in [5.41, 5.74) is 2.06. The highest BCUT2D eigenvalue weighted by molar-refractivity contribution is 7.92. The predicted molar refractivity (Wildman–Crippen MR) is 102 cm³/mol. The summed E-state index contributed by atoms with van der Waals surface area (Å²) in [7, 11) is -3.74. The summed E-state index contributed by atoms with van der Waals surface area (Å²) in [6, 6.07) is 14.3. The van der Waals surface area contributed by atoms with Crippen molar-refractivity contribution in [2.45, 2.75) is 11.3 Å². The number of rotatable bonds is 8. The average Bonchev–Trinajstić information content (AvgIpc) is 2.60. The lowest BCUT2D eigenvalue weighted by atomic mass is 10.1. The summed E-state index contributed by atoms with van der Waals surface area (Å²) in [5.74, 6) is 0. The molecule has 2 aromatic rings. The van der Waals surface area contributed by atoms with Crippen molar-refractivity contribution in [2.24, 2.45) is 0 Å². The van der Waals surface area contributed by atoms with Gasteiger partial charge in [-0.15, -0.1) is 13.2 Å². The minimum atomic E-state index is -3.74. The van der Waals surface area contributed by atoms with Crippen molar-refractivity contribution in [3.8, 4) is 0 Å². The van der Waals surface area contributed by atoms with Crippen LogP contribution >= 0.6 is 0 Å². The second kappa shape index (κ2) is 7.79. The van der Waals surface area contributed by atoms with E-state index in [2.05, 4.69) is 19.7 Å². The highest BCUT2D eigenvalue weighted by atomic mass is 32.2. The monoisotopic (exact) mass is 339 g/mol. The minimum absolute atomic E-state index is 0.176. The van der Waals surface area contributed by atoms with Gasteiger partial charge >= 0.3 is 0 Å². The normalized spacial score (nSPS) is 10.8. The second-order valence-corrected chi connectivity index (χ2v) is 7.02. The van der Waals surface area contributed by atoms with E-state index in [0.717, 1.165) is 11.1 Å². The standard InChI is InChI=1S/C20H21NO2S/c1-4-11-18-13-8-10-15-20(18)24(22,23)21(16-5-2)19-14-9-7-12-17(19)6-3/h4-10,12-15H,1-3,11,16H2. The van der Waals surface area contributed by atoms with Gasteiger partial charge in [-0.2, -0.15) is 0 Å². The van der Waals surface area contributed by atoms with Crippen LogP contribution in [0.1, 0.15) is 11.1 Å². The van der Waals surface area contributed by atoms with E-state index in [1.807, 2.05) is 24.3 Å². The van der Waals surface area contributed by atoms with Gasteiger partial charge in [-0.05, 0) is 29.7 Å². The SMILES string of the molecule is C=CCc1ccccc1S(=O)(=O)N(CC=C)c1ccccc1C=C. The summed E-state index contributed by atoms with van der Waals surface area (Å²) in [4.78, 5) is 0.283. The fraction of sp³-hybridized carbons (Fsp3) is 0.100. The molecule has 3 nitrogen and oxygen atoms in total. The van der Waals surface area contributed by atoms with Crippen molar-refractivity contribution < 1.29 is 8.42 Å². The maximum atomic E-state index is 13.3. The third-order valence-electron chi connectivity index (χ3n) is 3.63. The first kappa shape index (κ1) is 17.8. The summed E-state index contributed by atoms with van der Waals surface area (Å²) in [6.45, 7) is 11.4. The largest absolute Gasteiger partial charge is 0.264 e. The van der Waals surface area contributed by atoms with Crippen molar-refractivity contribution in [2.75, 3.05) is 10.8 Å². The molecule has 0 amide bonds. The highest BCUT2D eigenvalue weighted by Gasteiger charge is 2.27. The van der Waals surface area contributed by atoms with Gasteiger partial charge in [0.25, 0.3) is 10.0 Å². The molecular formula is C20H21NO2S. The van der Waals surface area contributed by atoms with E-state index in [0.29, 0.717) is 12.1 Å². The molecular weight excluding hydrogens is 318 g/mol. The van der Waals surface area contributed by atoms with Gasteiger partial charge in [0, 0.05) is 0 Å². The molecule has 124 valence electrons. The Balaban J connectivity index is 2.64. The Bertz CT molecular complexity index is 853. The van der Waals surface area contributed by atoms with Crippen molar-refractivity contribution in [1.29, 1.82) is 0 Å². The van der Waals surface area contributed by atoms with Crippen LogP contribution in [0.25, 0.3) is 6.08 Å². The van der Waals surface area contributed by atoms with Gasteiger partial charge in [-0.1, -0.05) is 61.2 Å². The number of hydrogen-bond donors (Lipinski definition) is 0. The van der Waals surface area contributed by atoms with Crippen LogP contribution in [0, 0.1) is 0 Å². The summed E-state index contributed by atoms with van der Waals surface area (Å²) in [6.07, 6.45) is 5.41. The summed E-state index contributed by atoms with van der Waals surface area (Å²) in [5, 5.41) is 0. The molecule has 0 N–H and O–H groups in total. The molecule has 2 rings (SSSR count). The van der Waals surface area contributed by atoms with Gasteiger partial charge in [-0.3, -0.25) is 4.31 Å². The molecule has 0 aromatic heterocycles. The van der Waals surface area contributed by atoms with Crippen molar-refractivity contribution in [3.63, 3.8) is 0 Å². The first-order valence-corrected chi connectivity index (χ1v) is 9.04. The van der Waals surface area contributed by atoms with Crippen LogP contribution in [-0.4, -0.2) is 15.0 Å². The zero-order chi connectivity index (χ0) is 17.6. The van der Waals surface area contributed by atoms with Gasteiger partial charge in [-0.25, -0.2) is 8.42 Å². The molecule has 0 radical (unpaired) electrons. The van der Waals surface area contributed by atoms with Gasteiger partial charge in [0.15, 0.2) is 0 Å². The van der Waals surface area contributed by atoms with Crippen LogP contribution in [0.2, 0.25) is 0 Å². The van der Waals surface area contributed by atoms with E-state index in [9.17, 15) is 8.42 Å². The van der Waals surface area contributed by atoms with Crippen molar-refractivity contribution >= 4 is 21.8 Å². The van der Waals surface area contributed by atoms with E-state index in [1.165, 1.54) is 4.31 Å². The van der Waals surface area contributed by atoms with Gasteiger partial charge < -0.3 is 0 Å². The summed E-state index contributed by atoms with van der Waals surface area (Å²) >= 11 is 0. The first-order valence-electron chi connectivity index (χ1n) is 7.60. The average molecular weight is 339 g/mol. The predicted octanol–water partition coefficient (Wildman–Crippen LogP) is 4.44. The molecule has 24 heavy (non-hydrogen) atoms. The van der Waals surface area contributed by atoms with E-state index in [4.69, 9.17) is 0 Å². The van der Waals surface area contributed by atoms with E-state index in [1.54, 1.807) is 42.5 Å². The van der Waals surface area contributed by atoms with Gasteiger partial charge in [0.2, 0.25) is 0 Å². The maximum absolute atomic E-state index is 13.3. The number of para-hydroxylation sites is 1. The van der Waals surface area contributed by atoms with E-state index in [-0.39, 0.29) is 11.4 Å². The number of sulfonamides is 1. The number of benzene rings is 2. The number of allylic oxidation sites excluding steroid dienone is 1. The van der Waals surface area contributed by atoms with Gasteiger partial charge in [0.1, 0.15) is 0 Å². The quantitative estimate of drug-likeness (QED) is 0.667. The fourth-order valence-corrected chi connectivity index (χ4v) is 4.23. The van der Waals surface area contributed by atoms with Crippen LogP contribution in [0.15, 0.2) is 85.3 Å². The van der Waals surface area contributed by atoms with Crippen LogP contribution in [0.4, 0.5) is 5.69 Å². The Kier molecular flexibility index (Phi) is 5.77. The zero-order valence-electron chi connectivity index (χ0n) is 13.6. The lowest BCUT2D eigenvalue weighted by molar-refractivity contribution is 0.592. The van der Waals surface area contributed by atoms with Crippen LogP contribution in [0.5, 0.6) is 0 Å². The zero-order valence-corrected chi connectivity index (χ0v) is 14.4. The fourth-order valence-electron chi connectivity index (χ4n) is 2.53. The molecule has 4 heteroatoms. The molecule has 0 saturated heterocycles. The first-order chi connectivity index (χ1) is 11.6. The Hall–Kier alpha value is -2.59. The number of hydrogen-bond acceptors (Lipinski definition) is 2. The highest BCUT2D eigenvalue weighted by Crippen LogP contribution is 2.29. The van der Waals surface area contributed by atoms with Crippen molar-refractivity contribution in [1.82, 2.24) is 0 Å². The molecule has 0 spiro atoms. The van der Waals surface area contributed by atoms with Crippen LogP contribution in [0.3, 0.4) is 0 Å². The van der Waals surface area contributed by atoms with Crippen LogP contribution in [-0.2, 0) is 16.4 Å². The van der Waals surface area contributed by atoms with E-state index < -0.39 is 10.0 Å². The van der Waals surface area contributed by atoms with Crippen molar-refractivity contribution in [3.05, 3.63) is 91.5 Å². The Morgan fingerprint density at radius 1 is 0.917 bits per heavy atom. The van der Waals surface area contributed by atoms with Crippen LogP contribution < -0.4 is 4.31 Å². The Morgan fingerprint density at radius 3 is 2.25 bits per heavy atom. The Labute approximate surface area is 144 Å². The molecule has 0 aliphatic rings. The lowest BCUT2D eigenvalue weighted by Gasteiger charge is -2.26. The van der Waals surface area contributed by atoms with Gasteiger partial charge in [0.05, 0.1) is 17.1 Å². The molecule has 0 atom stereocenters.